The van der Waals surface area contributed by atoms with Crippen LogP contribution in [0.5, 0.6) is 0 Å². The summed E-state index contributed by atoms with van der Waals surface area (Å²) in [5.41, 5.74) is 1.35. The minimum Gasteiger partial charge on any atom is -0.312 e. The lowest BCUT2D eigenvalue weighted by Crippen LogP contribution is -2.40. The fourth-order valence-electron chi connectivity index (χ4n) is 2.06. The van der Waals surface area contributed by atoms with Crippen molar-refractivity contribution in [3.8, 4) is 0 Å². The average molecular weight is 233 g/mol. The Hall–Kier alpha value is -0.930. The highest BCUT2D eigenvalue weighted by Gasteiger charge is 2.22. The van der Waals surface area contributed by atoms with Crippen LogP contribution in [0, 0.1) is 0 Å². The van der Waals surface area contributed by atoms with Gasteiger partial charge in [-0.05, 0) is 44.0 Å². The second-order valence-electron chi connectivity index (χ2n) is 4.95. The van der Waals surface area contributed by atoms with Gasteiger partial charge in [0.1, 0.15) is 0 Å². The first-order valence-corrected chi connectivity index (χ1v) is 6.66. The lowest BCUT2D eigenvalue weighted by Gasteiger charge is -2.28. The van der Waals surface area contributed by atoms with E-state index in [1.807, 2.05) is 12.4 Å². The lowest BCUT2D eigenvalue weighted by atomic mass is 10.2. The zero-order chi connectivity index (χ0) is 12.1. The Morgan fingerprint density at radius 2 is 2.12 bits per heavy atom. The van der Waals surface area contributed by atoms with E-state index in [9.17, 15) is 0 Å². The molecule has 0 spiro atoms. The molecule has 1 saturated carbocycles. The van der Waals surface area contributed by atoms with Crippen LogP contribution in [0.3, 0.4) is 0 Å². The van der Waals surface area contributed by atoms with Crippen LogP contribution in [0.25, 0.3) is 0 Å². The predicted molar refractivity (Wildman–Crippen MR) is 70.8 cm³/mol. The molecule has 1 aliphatic rings. The van der Waals surface area contributed by atoms with Crippen molar-refractivity contribution >= 4 is 0 Å². The maximum Gasteiger partial charge on any atom is 0.0271 e. The van der Waals surface area contributed by atoms with Crippen molar-refractivity contribution < 1.29 is 0 Å². The number of pyridine rings is 1. The van der Waals surface area contributed by atoms with E-state index in [1.165, 1.54) is 18.4 Å². The molecule has 2 rings (SSSR count). The van der Waals surface area contributed by atoms with Gasteiger partial charge in [0.2, 0.25) is 0 Å². The summed E-state index contributed by atoms with van der Waals surface area (Å²) < 4.78 is 0. The first kappa shape index (κ1) is 12.5. The number of aromatic nitrogens is 1. The largest absolute Gasteiger partial charge is 0.312 e. The molecular formula is C14H23N3. The van der Waals surface area contributed by atoms with Gasteiger partial charge >= 0.3 is 0 Å². The van der Waals surface area contributed by atoms with Gasteiger partial charge < -0.3 is 5.32 Å². The summed E-state index contributed by atoms with van der Waals surface area (Å²) in [7, 11) is 0. The van der Waals surface area contributed by atoms with Crippen molar-refractivity contribution in [3.05, 3.63) is 30.1 Å². The van der Waals surface area contributed by atoms with E-state index in [1.54, 1.807) is 0 Å². The van der Waals surface area contributed by atoms with Crippen molar-refractivity contribution in [3.63, 3.8) is 0 Å². The molecule has 1 N–H and O–H groups in total. The molecule has 3 nitrogen and oxygen atoms in total. The molecule has 0 saturated heterocycles. The normalized spacial score (nSPS) is 17.4. The van der Waals surface area contributed by atoms with Crippen LogP contribution in [-0.4, -0.2) is 35.1 Å². The van der Waals surface area contributed by atoms with E-state index in [-0.39, 0.29) is 0 Å². The number of likely N-dealkylation sites (N-methyl/N-ethyl adjacent to an activating group) is 1. The summed E-state index contributed by atoms with van der Waals surface area (Å²) in [5, 5.41) is 3.60. The van der Waals surface area contributed by atoms with Crippen molar-refractivity contribution in [1.29, 1.82) is 0 Å². The van der Waals surface area contributed by atoms with Gasteiger partial charge in [-0.1, -0.05) is 6.92 Å². The minimum absolute atomic E-state index is 0.591. The Morgan fingerprint density at radius 1 is 1.41 bits per heavy atom. The van der Waals surface area contributed by atoms with Gasteiger partial charge in [-0.25, -0.2) is 0 Å². The molecule has 0 aromatic carbocycles. The smallest absolute Gasteiger partial charge is 0.0271 e. The van der Waals surface area contributed by atoms with E-state index < -0.39 is 0 Å². The fourth-order valence-corrected chi connectivity index (χ4v) is 2.06. The highest BCUT2D eigenvalue weighted by Crippen LogP contribution is 2.18. The van der Waals surface area contributed by atoms with Gasteiger partial charge in [0.25, 0.3) is 0 Å². The van der Waals surface area contributed by atoms with Crippen molar-refractivity contribution in [2.24, 2.45) is 0 Å². The first-order chi connectivity index (χ1) is 8.29. The number of nitrogens with zero attached hydrogens (tertiary/aromatic N) is 2. The molecule has 0 aliphatic heterocycles. The second kappa shape index (κ2) is 6.12. The molecule has 1 atom stereocenters. The molecule has 1 unspecified atom stereocenters. The fraction of sp³-hybridized carbons (Fsp3) is 0.643. The van der Waals surface area contributed by atoms with Crippen molar-refractivity contribution in [2.75, 3.05) is 13.1 Å². The summed E-state index contributed by atoms with van der Waals surface area (Å²) in [6, 6.07) is 5.60. The van der Waals surface area contributed by atoms with Gasteiger partial charge in [-0.15, -0.1) is 0 Å². The van der Waals surface area contributed by atoms with Crippen LogP contribution in [-0.2, 0) is 6.54 Å². The minimum atomic E-state index is 0.591. The highest BCUT2D eigenvalue weighted by molar-refractivity contribution is 5.09. The maximum absolute atomic E-state index is 4.06. The zero-order valence-electron chi connectivity index (χ0n) is 10.9. The van der Waals surface area contributed by atoms with E-state index in [4.69, 9.17) is 0 Å². The number of hydrogen-bond donors (Lipinski definition) is 1. The monoisotopic (exact) mass is 233 g/mol. The van der Waals surface area contributed by atoms with E-state index in [2.05, 4.69) is 41.2 Å². The first-order valence-electron chi connectivity index (χ1n) is 6.66. The van der Waals surface area contributed by atoms with Gasteiger partial charge in [0.15, 0.2) is 0 Å². The van der Waals surface area contributed by atoms with Gasteiger partial charge in [-0.2, -0.15) is 0 Å². The third-order valence-corrected chi connectivity index (χ3v) is 3.44. The highest BCUT2D eigenvalue weighted by atomic mass is 15.2. The van der Waals surface area contributed by atoms with Gasteiger partial charge in [0, 0.05) is 37.6 Å². The summed E-state index contributed by atoms with van der Waals surface area (Å²) in [6.07, 6.45) is 6.47. The zero-order valence-corrected chi connectivity index (χ0v) is 10.9. The van der Waals surface area contributed by atoms with Gasteiger partial charge in [0.05, 0.1) is 0 Å². The Labute approximate surface area is 104 Å². The molecule has 3 heteroatoms. The molecule has 1 heterocycles. The lowest BCUT2D eigenvalue weighted by molar-refractivity contribution is 0.205. The summed E-state index contributed by atoms with van der Waals surface area (Å²) in [4.78, 5) is 6.56. The number of hydrogen-bond acceptors (Lipinski definition) is 3. The summed E-state index contributed by atoms with van der Waals surface area (Å²) in [5.74, 6) is 0. The van der Waals surface area contributed by atoms with Crippen LogP contribution in [0.1, 0.15) is 32.3 Å². The van der Waals surface area contributed by atoms with E-state index >= 15 is 0 Å². The number of nitrogens with one attached hydrogen (secondary N) is 1. The number of rotatable bonds is 7. The predicted octanol–water partition coefficient (Wildman–Crippen LogP) is 2.04. The van der Waals surface area contributed by atoms with Crippen molar-refractivity contribution in [2.45, 2.75) is 45.3 Å². The second-order valence-corrected chi connectivity index (χ2v) is 4.95. The Balaban J connectivity index is 1.81. The van der Waals surface area contributed by atoms with Crippen LogP contribution in [0.2, 0.25) is 0 Å². The molecule has 0 bridgehead atoms. The van der Waals surface area contributed by atoms with E-state index in [0.29, 0.717) is 6.04 Å². The van der Waals surface area contributed by atoms with E-state index in [0.717, 1.165) is 25.7 Å². The molecule has 1 aliphatic carbocycles. The van der Waals surface area contributed by atoms with Crippen LogP contribution < -0.4 is 5.32 Å². The average Bonchev–Trinajstić information content (AvgIpc) is 3.18. The molecule has 1 aromatic heterocycles. The Bertz CT molecular complexity index is 321. The molecule has 17 heavy (non-hydrogen) atoms. The molecule has 94 valence electrons. The molecular weight excluding hydrogens is 210 g/mol. The topological polar surface area (TPSA) is 28.2 Å². The quantitative estimate of drug-likeness (QED) is 0.781. The van der Waals surface area contributed by atoms with Crippen LogP contribution in [0.15, 0.2) is 24.5 Å². The maximum atomic E-state index is 4.06. The summed E-state index contributed by atoms with van der Waals surface area (Å²) >= 11 is 0. The van der Waals surface area contributed by atoms with Crippen molar-refractivity contribution in [1.82, 2.24) is 15.2 Å². The third kappa shape index (κ3) is 4.10. The third-order valence-electron chi connectivity index (χ3n) is 3.44. The van der Waals surface area contributed by atoms with Crippen LogP contribution in [0.4, 0.5) is 0 Å². The van der Waals surface area contributed by atoms with Crippen LogP contribution >= 0.6 is 0 Å². The Morgan fingerprint density at radius 3 is 2.71 bits per heavy atom. The van der Waals surface area contributed by atoms with Gasteiger partial charge in [-0.3, -0.25) is 9.88 Å². The molecule has 0 radical (unpaired) electrons. The molecule has 1 aromatic rings. The molecule has 0 amide bonds. The molecule has 1 fully saturated rings. The Kier molecular flexibility index (Phi) is 4.51. The SMILES string of the molecule is CCN(Cc1ccncc1)C(C)CNC1CC1. The summed E-state index contributed by atoms with van der Waals surface area (Å²) in [6.45, 7) is 7.75. The standard InChI is InChI=1S/C14H23N3/c1-3-17(11-13-6-8-15-9-7-13)12(2)10-16-14-4-5-14/h6-9,12,14,16H,3-5,10-11H2,1-2H3.